The molecule has 3 saturated carbocycles. The molecule has 0 aromatic carbocycles. The zero-order valence-electron chi connectivity index (χ0n) is 14.5. The molecule has 3 unspecified atom stereocenters. The minimum Gasteiger partial charge on any atom is -0.404 e. The summed E-state index contributed by atoms with van der Waals surface area (Å²) in [5.41, 5.74) is 8.11. The molecular weight excluding hydrogens is 317 g/mol. The molecule has 134 valence electrons. The lowest BCUT2D eigenvalue weighted by molar-refractivity contribution is -0.138. The number of nitrogens with zero attached hydrogens (tertiary/aromatic N) is 1. The Labute approximate surface area is 148 Å². The second-order valence-corrected chi connectivity index (χ2v) is 7.81. The van der Waals surface area contributed by atoms with Crippen LogP contribution in [0.1, 0.15) is 44.9 Å². The van der Waals surface area contributed by atoms with Gasteiger partial charge in [0.15, 0.2) is 0 Å². The van der Waals surface area contributed by atoms with Crippen molar-refractivity contribution in [1.82, 2.24) is 4.90 Å². The van der Waals surface area contributed by atoms with Crippen LogP contribution in [0, 0.1) is 17.2 Å². The smallest absolute Gasteiger partial charge is 0.233 e. The van der Waals surface area contributed by atoms with E-state index in [0.29, 0.717) is 24.5 Å². The fraction of sp³-hybridized carbons (Fsp3) is 0.600. The standard InChI is InChI=1S/C20H26FN3O/c21-18-10-13(12-1-2-12)3-7-17(18)20(25)24(15-4-5-15)16-6-8-19(23)14(9-16)11-22/h3,7,10-12,15-18,23H,1-2,4-6,8-9,22H2. The van der Waals surface area contributed by atoms with Crippen molar-refractivity contribution in [2.24, 2.45) is 17.6 Å². The maximum atomic E-state index is 14.7. The number of nitrogens with one attached hydrogen (secondary N) is 1. The summed E-state index contributed by atoms with van der Waals surface area (Å²) in [5, 5.41) is 7.97. The zero-order valence-corrected chi connectivity index (χ0v) is 14.5. The van der Waals surface area contributed by atoms with E-state index in [4.69, 9.17) is 11.1 Å². The summed E-state index contributed by atoms with van der Waals surface area (Å²) < 4.78 is 14.7. The average Bonchev–Trinajstić information content (AvgIpc) is 3.48. The second kappa shape index (κ2) is 6.43. The number of allylic oxidation sites excluding steroid dienone is 3. The summed E-state index contributed by atoms with van der Waals surface area (Å²) in [6.45, 7) is 0. The third-order valence-corrected chi connectivity index (χ3v) is 5.88. The SMILES string of the molecule is N=C1CCC(N(C(=O)C2C=CC(C3CC3)=CC2F)C2CC2)CC1=CN. The van der Waals surface area contributed by atoms with Crippen molar-refractivity contribution in [3.8, 4) is 0 Å². The summed E-state index contributed by atoms with van der Waals surface area (Å²) in [4.78, 5) is 15.1. The van der Waals surface area contributed by atoms with Crippen LogP contribution in [-0.2, 0) is 4.79 Å². The third kappa shape index (κ3) is 3.29. The minimum atomic E-state index is -1.22. The number of hydrogen-bond donors (Lipinski definition) is 2. The zero-order chi connectivity index (χ0) is 17.6. The maximum absolute atomic E-state index is 14.7. The van der Waals surface area contributed by atoms with Crippen molar-refractivity contribution in [2.75, 3.05) is 0 Å². The van der Waals surface area contributed by atoms with Crippen molar-refractivity contribution in [3.63, 3.8) is 0 Å². The van der Waals surface area contributed by atoms with E-state index in [9.17, 15) is 9.18 Å². The van der Waals surface area contributed by atoms with E-state index in [-0.39, 0.29) is 18.0 Å². The Hall–Kier alpha value is -1.91. The first-order valence-corrected chi connectivity index (χ1v) is 9.43. The topological polar surface area (TPSA) is 70.2 Å². The molecule has 4 aliphatic rings. The number of halogens is 1. The molecule has 3 N–H and O–H groups in total. The average molecular weight is 343 g/mol. The maximum Gasteiger partial charge on any atom is 0.233 e. The van der Waals surface area contributed by atoms with Crippen molar-refractivity contribution in [2.45, 2.75) is 63.2 Å². The Morgan fingerprint density at radius 3 is 2.60 bits per heavy atom. The number of amides is 1. The van der Waals surface area contributed by atoms with Gasteiger partial charge in [-0.05, 0) is 74.3 Å². The molecule has 0 heterocycles. The number of rotatable bonds is 4. The predicted molar refractivity (Wildman–Crippen MR) is 95.8 cm³/mol. The highest BCUT2D eigenvalue weighted by atomic mass is 19.1. The fourth-order valence-electron chi connectivity index (χ4n) is 4.11. The normalized spacial score (nSPS) is 34.1. The van der Waals surface area contributed by atoms with Crippen LogP contribution in [0.15, 0.2) is 35.6 Å². The molecule has 1 amide bonds. The number of alkyl halides is 1. The van der Waals surface area contributed by atoms with Crippen LogP contribution in [-0.4, -0.2) is 34.8 Å². The quantitative estimate of drug-likeness (QED) is 0.822. The molecule has 0 aromatic rings. The highest BCUT2D eigenvalue weighted by Crippen LogP contribution is 2.41. The van der Waals surface area contributed by atoms with Crippen molar-refractivity contribution >= 4 is 11.6 Å². The van der Waals surface area contributed by atoms with Gasteiger partial charge in [0.25, 0.3) is 0 Å². The fourth-order valence-corrected chi connectivity index (χ4v) is 4.11. The Bertz CT molecular complexity index is 672. The highest BCUT2D eigenvalue weighted by molar-refractivity contribution is 5.98. The van der Waals surface area contributed by atoms with Gasteiger partial charge in [0.1, 0.15) is 6.17 Å². The molecule has 0 aromatic heterocycles. The molecule has 0 bridgehead atoms. The van der Waals surface area contributed by atoms with E-state index in [0.717, 1.165) is 43.3 Å². The van der Waals surface area contributed by atoms with Crippen molar-refractivity contribution in [3.05, 3.63) is 35.6 Å². The summed E-state index contributed by atoms with van der Waals surface area (Å²) in [6.07, 6.45) is 12.0. The molecular formula is C20H26FN3O. The molecule has 25 heavy (non-hydrogen) atoms. The molecule has 0 aliphatic heterocycles. The molecule has 3 fully saturated rings. The summed E-state index contributed by atoms with van der Waals surface area (Å²) in [7, 11) is 0. The van der Waals surface area contributed by atoms with Crippen LogP contribution in [0.3, 0.4) is 0 Å². The number of hydrogen-bond acceptors (Lipinski definition) is 3. The first-order valence-electron chi connectivity index (χ1n) is 9.43. The van der Waals surface area contributed by atoms with Gasteiger partial charge in [-0.25, -0.2) is 4.39 Å². The lowest BCUT2D eigenvalue weighted by Crippen LogP contribution is -2.48. The Morgan fingerprint density at radius 1 is 1.24 bits per heavy atom. The predicted octanol–water partition coefficient (Wildman–Crippen LogP) is 3.25. The van der Waals surface area contributed by atoms with Crippen LogP contribution < -0.4 is 5.73 Å². The van der Waals surface area contributed by atoms with Gasteiger partial charge in [-0.2, -0.15) is 0 Å². The summed E-state index contributed by atoms with van der Waals surface area (Å²) in [5.74, 6) is -0.284. The third-order valence-electron chi connectivity index (χ3n) is 5.88. The molecule has 3 atom stereocenters. The van der Waals surface area contributed by atoms with Gasteiger partial charge < -0.3 is 16.0 Å². The largest absolute Gasteiger partial charge is 0.404 e. The van der Waals surface area contributed by atoms with Gasteiger partial charge in [-0.1, -0.05) is 12.2 Å². The molecule has 4 nitrogen and oxygen atoms in total. The highest BCUT2D eigenvalue weighted by Gasteiger charge is 2.43. The summed E-state index contributed by atoms with van der Waals surface area (Å²) >= 11 is 0. The number of carbonyl (C=O) groups is 1. The summed E-state index contributed by atoms with van der Waals surface area (Å²) in [6, 6.07) is 0.275. The van der Waals surface area contributed by atoms with E-state index >= 15 is 0 Å². The van der Waals surface area contributed by atoms with Gasteiger partial charge in [-0.3, -0.25) is 4.79 Å². The van der Waals surface area contributed by atoms with Gasteiger partial charge in [0.05, 0.1) is 5.92 Å². The van der Waals surface area contributed by atoms with Crippen LogP contribution >= 0.6 is 0 Å². The second-order valence-electron chi connectivity index (χ2n) is 7.81. The molecule has 0 radical (unpaired) electrons. The van der Waals surface area contributed by atoms with Crippen molar-refractivity contribution < 1.29 is 9.18 Å². The van der Waals surface area contributed by atoms with Gasteiger partial charge in [0.2, 0.25) is 5.91 Å². The molecule has 4 aliphatic carbocycles. The lowest BCUT2D eigenvalue weighted by Gasteiger charge is -2.38. The van der Waals surface area contributed by atoms with Gasteiger partial charge >= 0.3 is 0 Å². The van der Waals surface area contributed by atoms with E-state index in [1.54, 1.807) is 12.2 Å². The van der Waals surface area contributed by atoms with E-state index in [2.05, 4.69) is 0 Å². The molecule has 4 rings (SSSR count). The van der Waals surface area contributed by atoms with Crippen LogP contribution in [0.5, 0.6) is 0 Å². The minimum absolute atomic E-state index is 0.0401. The van der Waals surface area contributed by atoms with Crippen LogP contribution in [0.4, 0.5) is 4.39 Å². The van der Waals surface area contributed by atoms with E-state index in [1.165, 1.54) is 6.20 Å². The number of nitrogens with two attached hydrogens (primary N) is 1. The van der Waals surface area contributed by atoms with E-state index < -0.39 is 12.1 Å². The first kappa shape index (κ1) is 16.6. The van der Waals surface area contributed by atoms with Gasteiger partial charge in [0, 0.05) is 17.8 Å². The Kier molecular flexibility index (Phi) is 4.26. The Balaban J connectivity index is 1.50. The molecule has 0 spiro atoms. The van der Waals surface area contributed by atoms with E-state index in [1.807, 2.05) is 11.0 Å². The van der Waals surface area contributed by atoms with Gasteiger partial charge in [-0.15, -0.1) is 0 Å². The van der Waals surface area contributed by atoms with Crippen LogP contribution in [0.25, 0.3) is 0 Å². The van der Waals surface area contributed by atoms with Crippen molar-refractivity contribution in [1.29, 1.82) is 5.41 Å². The lowest BCUT2D eigenvalue weighted by atomic mass is 9.86. The van der Waals surface area contributed by atoms with Crippen LogP contribution in [0.2, 0.25) is 0 Å². The monoisotopic (exact) mass is 343 g/mol. The molecule has 5 heteroatoms. The first-order chi connectivity index (χ1) is 12.1. The Morgan fingerprint density at radius 2 is 2.00 bits per heavy atom. The molecule has 0 saturated heterocycles. The number of carbonyl (C=O) groups excluding carboxylic acids is 1.